The van der Waals surface area contributed by atoms with Crippen molar-refractivity contribution >= 4 is 27.4 Å². The average Bonchev–Trinajstić information content (AvgIpc) is 2.67. The maximum atomic E-state index is 12.7. The number of benzene rings is 1. The van der Waals surface area contributed by atoms with E-state index in [4.69, 9.17) is 4.74 Å². The average molecular weight is 439 g/mol. The molecule has 0 unspecified atom stereocenters. The predicted molar refractivity (Wildman–Crippen MR) is 119 cm³/mol. The molecule has 2 heterocycles. The van der Waals surface area contributed by atoms with E-state index in [1.165, 1.54) is 0 Å². The van der Waals surface area contributed by atoms with Crippen LogP contribution in [0.15, 0.2) is 24.3 Å². The van der Waals surface area contributed by atoms with Gasteiger partial charge in [0.2, 0.25) is 10.0 Å². The van der Waals surface area contributed by atoms with E-state index in [-0.39, 0.29) is 24.3 Å². The number of nitrogens with one attached hydrogen (secondary N) is 2. The summed E-state index contributed by atoms with van der Waals surface area (Å²) in [7, 11) is -3.29. The number of amides is 2. The molecule has 0 spiro atoms. The SMILES string of the molecule is CC(C)S(=O)(=O)NC1CCN(C(=O)Nc2cccc(N3C[C@@H](C)O[C@@H](C)C3)c2)CC1. The number of morpholine rings is 1. The van der Waals surface area contributed by atoms with Crippen molar-refractivity contribution in [3.8, 4) is 0 Å². The molecule has 2 aliphatic rings. The monoisotopic (exact) mass is 438 g/mol. The molecule has 8 nitrogen and oxygen atoms in total. The van der Waals surface area contributed by atoms with Crippen LogP contribution in [0, 0.1) is 0 Å². The molecule has 0 bridgehead atoms. The number of hydrogen-bond donors (Lipinski definition) is 2. The van der Waals surface area contributed by atoms with Crippen molar-refractivity contribution in [2.75, 3.05) is 36.4 Å². The van der Waals surface area contributed by atoms with Gasteiger partial charge < -0.3 is 19.9 Å². The Morgan fingerprint density at radius 1 is 1.13 bits per heavy atom. The van der Waals surface area contributed by atoms with E-state index in [9.17, 15) is 13.2 Å². The molecule has 1 aromatic rings. The van der Waals surface area contributed by atoms with Crippen molar-refractivity contribution in [3.63, 3.8) is 0 Å². The number of nitrogens with zero attached hydrogens (tertiary/aromatic N) is 2. The Balaban J connectivity index is 1.54. The normalized spacial score (nSPS) is 23.6. The van der Waals surface area contributed by atoms with E-state index < -0.39 is 15.3 Å². The molecule has 2 atom stereocenters. The molecule has 0 aliphatic carbocycles. The highest BCUT2D eigenvalue weighted by molar-refractivity contribution is 7.90. The maximum Gasteiger partial charge on any atom is 0.321 e. The van der Waals surface area contributed by atoms with E-state index in [0.29, 0.717) is 25.9 Å². The minimum atomic E-state index is -3.29. The molecule has 0 radical (unpaired) electrons. The molecule has 9 heteroatoms. The molecule has 30 heavy (non-hydrogen) atoms. The molecule has 2 fully saturated rings. The van der Waals surface area contributed by atoms with E-state index in [2.05, 4.69) is 28.8 Å². The Bertz CT molecular complexity index is 827. The molecule has 168 valence electrons. The number of carbonyl (C=O) groups is 1. The number of rotatable bonds is 5. The predicted octanol–water partition coefficient (Wildman–Crippen LogP) is 2.62. The van der Waals surface area contributed by atoms with Gasteiger partial charge in [0, 0.05) is 43.6 Å². The van der Waals surface area contributed by atoms with Gasteiger partial charge in [-0.25, -0.2) is 17.9 Å². The molecule has 2 aliphatic heterocycles. The van der Waals surface area contributed by atoms with Crippen LogP contribution in [-0.2, 0) is 14.8 Å². The van der Waals surface area contributed by atoms with Crippen LogP contribution >= 0.6 is 0 Å². The summed E-state index contributed by atoms with van der Waals surface area (Å²) in [4.78, 5) is 16.7. The fourth-order valence-corrected chi connectivity index (χ4v) is 4.91. The lowest BCUT2D eigenvalue weighted by molar-refractivity contribution is -0.00521. The van der Waals surface area contributed by atoms with Gasteiger partial charge in [0.25, 0.3) is 0 Å². The Kier molecular flexibility index (Phi) is 7.26. The number of likely N-dealkylation sites (tertiary alicyclic amines) is 1. The van der Waals surface area contributed by atoms with E-state index in [0.717, 1.165) is 24.5 Å². The Morgan fingerprint density at radius 3 is 2.37 bits per heavy atom. The lowest BCUT2D eigenvalue weighted by Gasteiger charge is -2.37. The van der Waals surface area contributed by atoms with Crippen LogP contribution < -0.4 is 14.9 Å². The second-order valence-electron chi connectivity index (χ2n) is 8.62. The molecule has 1 aromatic carbocycles. The molecule has 2 saturated heterocycles. The van der Waals surface area contributed by atoms with Gasteiger partial charge in [0.1, 0.15) is 0 Å². The second-order valence-corrected chi connectivity index (χ2v) is 10.9. The van der Waals surface area contributed by atoms with Crippen molar-refractivity contribution < 1.29 is 17.9 Å². The van der Waals surface area contributed by atoms with Gasteiger partial charge in [0.15, 0.2) is 0 Å². The smallest absolute Gasteiger partial charge is 0.321 e. The van der Waals surface area contributed by atoms with Crippen LogP contribution in [-0.4, -0.2) is 69.0 Å². The first-order valence-electron chi connectivity index (χ1n) is 10.7. The number of piperidine rings is 1. The van der Waals surface area contributed by atoms with Gasteiger partial charge in [-0.15, -0.1) is 0 Å². The molecule has 2 N–H and O–H groups in total. The van der Waals surface area contributed by atoms with E-state index in [1.807, 2.05) is 24.3 Å². The van der Waals surface area contributed by atoms with Crippen molar-refractivity contribution in [3.05, 3.63) is 24.3 Å². The maximum absolute atomic E-state index is 12.7. The number of carbonyl (C=O) groups excluding carboxylic acids is 1. The quantitative estimate of drug-likeness (QED) is 0.738. The van der Waals surface area contributed by atoms with Gasteiger partial charge in [-0.3, -0.25) is 0 Å². The zero-order valence-electron chi connectivity index (χ0n) is 18.3. The highest BCUT2D eigenvalue weighted by atomic mass is 32.2. The molecule has 0 saturated carbocycles. The first kappa shape index (κ1) is 22.8. The third-order valence-electron chi connectivity index (χ3n) is 5.62. The van der Waals surface area contributed by atoms with Crippen molar-refractivity contribution in [2.45, 2.75) is 64.0 Å². The van der Waals surface area contributed by atoms with Crippen LogP contribution in [0.2, 0.25) is 0 Å². The van der Waals surface area contributed by atoms with Crippen molar-refractivity contribution in [1.29, 1.82) is 0 Å². The molecule has 0 aromatic heterocycles. The largest absolute Gasteiger partial charge is 0.372 e. The highest BCUT2D eigenvalue weighted by Crippen LogP contribution is 2.24. The van der Waals surface area contributed by atoms with Crippen LogP contribution in [0.4, 0.5) is 16.2 Å². The van der Waals surface area contributed by atoms with Gasteiger partial charge in [-0.1, -0.05) is 6.07 Å². The molecular weight excluding hydrogens is 404 g/mol. The number of hydrogen-bond acceptors (Lipinski definition) is 5. The minimum Gasteiger partial charge on any atom is -0.372 e. The third kappa shape index (κ3) is 5.86. The summed E-state index contributed by atoms with van der Waals surface area (Å²) in [5, 5.41) is 2.53. The van der Waals surface area contributed by atoms with Crippen LogP contribution in [0.1, 0.15) is 40.5 Å². The second kappa shape index (κ2) is 9.53. The standard InChI is InChI=1S/C21H34N4O4S/c1-15(2)30(27,28)23-18-8-10-24(11-9-18)21(26)22-19-6-5-7-20(12-19)25-13-16(3)29-17(4)14-25/h5-7,12,15-18,23H,8-11,13-14H2,1-4H3,(H,22,26)/t16-,17+. The van der Waals surface area contributed by atoms with E-state index >= 15 is 0 Å². The van der Waals surface area contributed by atoms with Gasteiger partial charge in [0.05, 0.1) is 17.5 Å². The zero-order chi connectivity index (χ0) is 21.9. The fraction of sp³-hybridized carbons (Fsp3) is 0.667. The van der Waals surface area contributed by atoms with Crippen molar-refractivity contribution in [2.24, 2.45) is 0 Å². The van der Waals surface area contributed by atoms with Crippen LogP contribution in [0.5, 0.6) is 0 Å². The number of anilines is 2. The summed E-state index contributed by atoms with van der Waals surface area (Å²) in [6.07, 6.45) is 1.56. The summed E-state index contributed by atoms with van der Waals surface area (Å²) in [6, 6.07) is 7.61. The van der Waals surface area contributed by atoms with Crippen molar-refractivity contribution in [1.82, 2.24) is 9.62 Å². The number of sulfonamides is 1. The molecule has 3 rings (SSSR count). The van der Waals surface area contributed by atoms with Gasteiger partial charge >= 0.3 is 6.03 Å². The lowest BCUT2D eigenvalue weighted by Crippen LogP contribution is -2.48. The van der Waals surface area contributed by atoms with Crippen LogP contribution in [0.25, 0.3) is 0 Å². The highest BCUT2D eigenvalue weighted by Gasteiger charge is 2.27. The first-order valence-corrected chi connectivity index (χ1v) is 12.3. The summed E-state index contributed by atoms with van der Waals surface area (Å²) in [5.74, 6) is 0. The summed E-state index contributed by atoms with van der Waals surface area (Å²) >= 11 is 0. The first-order chi connectivity index (χ1) is 14.1. The fourth-order valence-electron chi connectivity index (χ4n) is 3.94. The van der Waals surface area contributed by atoms with E-state index in [1.54, 1.807) is 18.7 Å². The Hall–Kier alpha value is -1.84. The molecule has 2 amide bonds. The topological polar surface area (TPSA) is 91.0 Å². The zero-order valence-corrected chi connectivity index (χ0v) is 19.1. The van der Waals surface area contributed by atoms with Crippen LogP contribution in [0.3, 0.4) is 0 Å². The number of ether oxygens (including phenoxy) is 1. The summed E-state index contributed by atoms with van der Waals surface area (Å²) in [5.41, 5.74) is 1.82. The van der Waals surface area contributed by atoms with Gasteiger partial charge in [-0.05, 0) is 58.7 Å². The minimum absolute atomic E-state index is 0.116. The summed E-state index contributed by atoms with van der Waals surface area (Å²) < 4.78 is 32.6. The Morgan fingerprint density at radius 2 is 1.77 bits per heavy atom. The lowest BCUT2D eigenvalue weighted by atomic mass is 10.1. The number of urea groups is 1. The molecular formula is C21H34N4O4S. The van der Waals surface area contributed by atoms with Gasteiger partial charge in [-0.2, -0.15) is 0 Å². The third-order valence-corrected chi connectivity index (χ3v) is 7.52. The Labute approximate surface area is 180 Å². The summed E-state index contributed by atoms with van der Waals surface area (Å²) in [6.45, 7) is 10.2.